The molecule has 26 heavy (non-hydrogen) atoms. The highest BCUT2D eigenvalue weighted by Gasteiger charge is 2.30. The Labute approximate surface area is 156 Å². The number of benzene rings is 2. The molecule has 0 saturated carbocycles. The van der Waals surface area contributed by atoms with E-state index in [0.717, 1.165) is 16.6 Å². The van der Waals surface area contributed by atoms with Crippen molar-refractivity contribution in [2.24, 2.45) is 0 Å². The Morgan fingerprint density at radius 2 is 1.81 bits per heavy atom. The molecule has 2 rings (SSSR count). The maximum atomic E-state index is 12.7. The highest BCUT2D eigenvalue weighted by atomic mass is 79.9. The smallest absolute Gasteiger partial charge is 0.416 e. The molecule has 138 valence electrons. The molecule has 8 heteroatoms. The zero-order valence-electron chi connectivity index (χ0n) is 13.6. The number of ether oxygens (including phenoxy) is 1. The van der Waals surface area contributed by atoms with Crippen LogP contribution >= 0.6 is 15.9 Å². The number of rotatable bonds is 5. The second-order valence-electron chi connectivity index (χ2n) is 5.50. The average molecular weight is 430 g/mol. The SMILES string of the molecule is CC(OC(=O)Cc1cccc(C(F)(F)F)c1)C(=O)Nc1ccc(Br)cc1. The summed E-state index contributed by atoms with van der Waals surface area (Å²) in [6, 6.07) is 11.2. The summed E-state index contributed by atoms with van der Waals surface area (Å²) in [5.74, 6) is -1.33. The lowest BCUT2D eigenvalue weighted by Gasteiger charge is -2.14. The second-order valence-corrected chi connectivity index (χ2v) is 6.42. The summed E-state index contributed by atoms with van der Waals surface area (Å²) in [5, 5.41) is 2.58. The van der Waals surface area contributed by atoms with Gasteiger partial charge in [-0.05, 0) is 42.8 Å². The van der Waals surface area contributed by atoms with Crippen LogP contribution < -0.4 is 5.32 Å². The van der Waals surface area contributed by atoms with E-state index in [1.807, 2.05) is 0 Å². The predicted molar refractivity (Wildman–Crippen MR) is 93.5 cm³/mol. The predicted octanol–water partition coefficient (Wildman–Crippen LogP) is 4.58. The molecule has 1 amide bonds. The van der Waals surface area contributed by atoms with Crippen LogP contribution in [0.2, 0.25) is 0 Å². The van der Waals surface area contributed by atoms with Gasteiger partial charge in [-0.25, -0.2) is 0 Å². The van der Waals surface area contributed by atoms with E-state index in [0.29, 0.717) is 5.69 Å². The molecule has 0 heterocycles. The molecule has 0 bridgehead atoms. The van der Waals surface area contributed by atoms with E-state index in [9.17, 15) is 22.8 Å². The van der Waals surface area contributed by atoms with Gasteiger partial charge in [-0.15, -0.1) is 0 Å². The lowest BCUT2D eigenvalue weighted by atomic mass is 10.1. The number of alkyl halides is 3. The van der Waals surface area contributed by atoms with Crippen LogP contribution in [0.3, 0.4) is 0 Å². The molecule has 1 atom stereocenters. The van der Waals surface area contributed by atoms with E-state index in [2.05, 4.69) is 21.2 Å². The molecule has 0 radical (unpaired) electrons. The lowest BCUT2D eigenvalue weighted by molar-refractivity contribution is -0.152. The first-order valence-electron chi connectivity index (χ1n) is 7.57. The monoisotopic (exact) mass is 429 g/mol. The van der Waals surface area contributed by atoms with Crippen LogP contribution in [0.5, 0.6) is 0 Å². The first-order chi connectivity index (χ1) is 12.1. The molecule has 0 fully saturated rings. The van der Waals surface area contributed by atoms with Crippen LogP contribution in [0, 0.1) is 0 Å². The van der Waals surface area contributed by atoms with Crippen LogP contribution in [0.25, 0.3) is 0 Å². The highest BCUT2D eigenvalue weighted by Crippen LogP contribution is 2.29. The fourth-order valence-corrected chi connectivity index (χ4v) is 2.36. The van der Waals surface area contributed by atoms with Crippen molar-refractivity contribution in [1.82, 2.24) is 0 Å². The third-order valence-electron chi connectivity index (χ3n) is 3.39. The Hall–Kier alpha value is -2.35. The maximum absolute atomic E-state index is 12.7. The largest absolute Gasteiger partial charge is 0.452 e. The third-order valence-corrected chi connectivity index (χ3v) is 3.92. The Morgan fingerprint density at radius 1 is 1.15 bits per heavy atom. The lowest BCUT2D eigenvalue weighted by Crippen LogP contribution is -2.30. The van der Waals surface area contributed by atoms with Gasteiger partial charge in [0.1, 0.15) is 0 Å². The fourth-order valence-electron chi connectivity index (χ4n) is 2.09. The molecule has 4 nitrogen and oxygen atoms in total. The second kappa shape index (κ2) is 8.35. The molecule has 1 unspecified atom stereocenters. The maximum Gasteiger partial charge on any atom is 0.416 e. The van der Waals surface area contributed by atoms with Gasteiger partial charge in [-0.2, -0.15) is 13.2 Å². The molecule has 0 spiro atoms. The van der Waals surface area contributed by atoms with Crippen LogP contribution in [0.4, 0.5) is 18.9 Å². The van der Waals surface area contributed by atoms with Gasteiger partial charge >= 0.3 is 12.1 Å². The van der Waals surface area contributed by atoms with Gasteiger partial charge in [-0.3, -0.25) is 9.59 Å². The Morgan fingerprint density at radius 3 is 2.42 bits per heavy atom. The molecule has 2 aromatic rings. The molecular weight excluding hydrogens is 415 g/mol. The topological polar surface area (TPSA) is 55.4 Å². The number of carbonyl (C=O) groups excluding carboxylic acids is 2. The summed E-state index contributed by atoms with van der Waals surface area (Å²) < 4.78 is 43.9. The van der Waals surface area contributed by atoms with E-state index in [1.54, 1.807) is 24.3 Å². The zero-order chi connectivity index (χ0) is 19.3. The Balaban J connectivity index is 1.92. The van der Waals surface area contributed by atoms with Crippen molar-refractivity contribution in [2.45, 2.75) is 25.6 Å². The minimum atomic E-state index is -4.49. The average Bonchev–Trinajstić information content (AvgIpc) is 2.56. The molecule has 0 aromatic heterocycles. The molecule has 0 aliphatic carbocycles. The van der Waals surface area contributed by atoms with E-state index in [-0.39, 0.29) is 12.0 Å². The first-order valence-corrected chi connectivity index (χ1v) is 8.36. The fraction of sp³-hybridized carbons (Fsp3) is 0.222. The molecule has 0 aliphatic rings. The van der Waals surface area contributed by atoms with Crippen LogP contribution in [-0.4, -0.2) is 18.0 Å². The van der Waals surface area contributed by atoms with Crippen molar-refractivity contribution in [3.05, 3.63) is 64.1 Å². The van der Waals surface area contributed by atoms with Crippen molar-refractivity contribution in [3.8, 4) is 0 Å². The molecule has 1 N–H and O–H groups in total. The normalized spacial score (nSPS) is 12.3. The van der Waals surface area contributed by atoms with Crippen LogP contribution in [0.15, 0.2) is 53.0 Å². The highest BCUT2D eigenvalue weighted by molar-refractivity contribution is 9.10. The van der Waals surface area contributed by atoms with E-state index in [1.165, 1.54) is 19.1 Å². The Bertz CT molecular complexity index is 791. The van der Waals surface area contributed by atoms with Crippen molar-refractivity contribution in [2.75, 3.05) is 5.32 Å². The van der Waals surface area contributed by atoms with Gasteiger partial charge in [0.05, 0.1) is 12.0 Å². The summed E-state index contributed by atoms with van der Waals surface area (Å²) in [6.07, 6.45) is -5.94. The minimum Gasteiger partial charge on any atom is -0.452 e. The molecular formula is C18H15BrF3NO3. The van der Waals surface area contributed by atoms with Gasteiger partial charge in [0.2, 0.25) is 0 Å². The van der Waals surface area contributed by atoms with Gasteiger partial charge in [0.15, 0.2) is 6.10 Å². The molecule has 0 saturated heterocycles. The number of halogens is 4. The van der Waals surface area contributed by atoms with Crippen LogP contribution in [0.1, 0.15) is 18.1 Å². The molecule has 2 aromatic carbocycles. The first kappa shape index (κ1) is 20.0. The summed E-state index contributed by atoms with van der Waals surface area (Å²) in [6.45, 7) is 1.39. The summed E-state index contributed by atoms with van der Waals surface area (Å²) >= 11 is 3.27. The number of esters is 1. The summed E-state index contributed by atoms with van der Waals surface area (Å²) in [4.78, 5) is 23.9. The number of amides is 1. The number of anilines is 1. The van der Waals surface area contributed by atoms with Gasteiger partial charge < -0.3 is 10.1 Å². The third kappa shape index (κ3) is 5.87. The van der Waals surface area contributed by atoms with Crippen molar-refractivity contribution in [1.29, 1.82) is 0 Å². The van der Waals surface area contributed by atoms with Crippen LogP contribution in [-0.2, 0) is 26.9 Å². The quantitative estimate of drug-likeness (QED) is 0.707. The standard InChI is InChI=1S/C18H15BrF3NO3/c1-11(17(25)23-15-7-5-14(19)6-8-15)26-16(24)10-12-3-2-4-13(9-12)18(20,21)22/h2-9,11H,10H2,1H3,(H,23,25). The van der Waals surface area contributed by atoms with E-state index < -0.39 is 29.7 Å². The van der Waals surface area contributed by atoms with Gasteiger partial charge in [0, 0.05) is 10.2 Å². The minimum absolute atomic E-state index is 0.158. The summed E-state index contributed by atoms with van der Waals surface area (Å²) in [7, 11) is 0. The Kier molecular flexibility index (Phi) is 6.42. The van der Waals surface area contributed by atoms with E-state index >= 15 is 0 Å². The van der Waals surface area contributed by atoms with Crippen molar-refractivity contribution in [3.63, 3.8) is 0 Å². The number of nitrogens with one attached hydrogen (secondary N) is 1. The van der Waals surface area contributed by atoms with Crippen molar-refractivity contribution >= 4 is 33.5 Å². The number of carbonyl (C=O) groups is 2. The van der Waals surface area contributed by atoms with E-state index in [4.69, 9.17) is 4.74 Å². The van der Waals surface area contributed by atoms with Gasteiger partial charge in [-0.1, -0.05) is 34.1 Å². The molecule has 0 aliphatic heterocycles. The summed E-state index contributed by atoms with van der Waals surface area (Å²) in [5.41, 5.74) is -0.159. The number of hydrogen-bond donors (Lipinski definition) is 1. The van der Waals surface area contributed by atoms with Gasteiger partial charge in [0.25, 0.3) is 5.91 Å². The number of hydrogen-bond acceptors (Lipinski definition) is 3. The van der Waals surface area contributed by atoms with Crippen molar-refractivity contribution < 1.29 is 27.5 Å². The zero-order valence-corrected chi connectivity index (χ0v) is 15.2.